The largest absolute Gasteiger partial charge is 0.392 e. The molecule has 3 N–H and O–H groups in total. The number of amides is 1. The Bertz CT molecular complexity index is 585. The summed E-state index contributed by atoms with van der Waals surface area (Å²) in [4.78, 5) is 15.7. The third-order valence-electron chi connectivity index (χ3n) is 5.74. The first-order valence-corrected chi connectivity index (χ1v) is 10.2. The summed E-state index contributed by atoms with van der Waals surface area (Å²) in [7, 11) is 0. The SMILES string of the molecule is CSc1ccc(CC(=O)N2CCC3(CC2)[C@H](O)C[C@@H]3OCCN)cc1. The predicted octanol–water partition coefficient (Wildman–Crippen LogP) is 1.67. The monoisotopic (exact) mass is 364 g/mol. The zero-order valence-electron chi connectivity index (χ0n) is 14.8. The smallest absolute Gasteiger partial charge is 0.226 e. The molecule has 2 atom stereocenters. The van der Waals surface area contributed by atoms with Gasteiger partial charge in [-0.25, -0.2) is 0 Å². The zero-order chi connectivity index (χ0) is 17.9. The molecule has 1 aromatic carbocycles. The summed E-state index contributed by atoms with van der Waals surface area (Å²) in [6.07, 6.45) is 4.56. The van der Waals surface area contributed by atoms with Crippen LogP contribution in [-0.4, -0.2) is 60.6 Å². The van der Waals surface area contributed by atoms with E-state index in [0.29, 0.717) is 39.1 Å². The summed E-state index contributed by atoms with van der Waals surface area (Å²) in [5, 5.41) is 10.3. The highest BCUT2D eigenvalue weighted by Crippen LogP contribution is 2.50. The van der Waals surface area contributed by atoms with E-state index in [9.17, 15) is 9.90 Å². The Morgan fingerprint density at radius 2 is 2.04 bits per heavy atom. The molecule has 6 heteroatoms. The number of ether oxygens (including phenoxy) is 1. The minimum absolute atomic E-state index is 0.0855. The topological polar surface area (TPSA) is 75.8 Å². The van der Waals surface area contributed by atoms with Crippen LogP contribution < -0.4 is 5.73 Å². The number of rotatable bonds is 6. The maximum atomic E-state index is 12.6. The molecular formula is C19H28N2O3S. The molecule has 1 saturated carbocycles. The molecular weight excluding hydrogens is 336 g/mol. The van der Waals surface area contributed by atoms with Gasteiger partial charge in [0.1, 0.15) is 0 Å². The number of hydrogen-bond acceptors (Lipinski definition) is 5. The molecule has 0 aromatic heterocycles. The molecule has 1 aromatic rings. The average molecular weight is 365 g/mol. The number of hydrogen-bond donors (Lipinski definition) is 2. The Morgan fingerprint density at radius 3 is 2.60 bits per heavy atom. The van der Waals surface area contributed by atoms with Crippen molar-refractivity contribution in [2.24, 2.45) is 11.1 Å². The van der Waals surface area contributed by atoms with Crippen molar-refractivity contribution in [2.45, 2.75) is 42.8 Å². The summed E-state index contributed by atoms with van der Waals surface area (Å²) < 4.78 is 5.81. The lowest BCUT2D eigenvalue weighted by atomic mass is 9.58. The first kappa shape index (κ1) is 18.7. The standard InChI is InChI=1S/C19H28N2O3S/c1-25-15-4-2-14(3-5-15)12-18(23)21-9-6-19(7-10-21)16(22)13-17(19)24-11-8-20/h2-5,16-17,22H,6-13,20H2,1H3/t16-,17+/m1/s1. The van der Waals surface area contributed by atoms with Crippen LogP contribution in [0.2, 0.25) is 0 Å². The van der Waals surface area contributed by atoms with Crippen LogP contribution in [0.1, 0.15) is 24.8 Å². The van der Waals surface area contributed by atoms with E-state index in [-0.39, 0.29) is 23.5 Å². The fourth-order valence-electron chi connectivity index (χ4n) is 4.03. The van der Waals surface area contributed by atoms with Crippen molar-refractivity contribution in [1.82, 2.24) is 4.90 Å². The summed E-state index contributed by atoms with van der Waals surface area (Å²) in [6.45, 7) is 2.43. The van der Waals surface area contributed by atoms with Crippen LogP contribution in [0.4, 0.5) is 0 Å². The van der Waals surface area contributed by atoms with Crippen molar-refractivity contribution >= 4 is 17.7 Å². The lowest BCUT2D eigenvalue weighted by Crippen LogP contribution is -2.63. The maximum absolute atomic E-state index is 12.6. The number of thioether (sulfide) groups is 1. The maximum Gasteiger partial charge on any atom is 0.226 e. The van der Waals surface area contributed by atoms with Gasteiger partial charge in [0.25, 0.3) is 0 Å². The molecule has 0 bridgehead atoms. The molecule has 1 aliphatic carbocycles. The van der Waals surface area contributed by atoms with Crippen LogP contribution in [-0.2, 0) is 16.0 Å². The summed E-state index contributed by atoms with van der Waals surface area (Å²) in [6, 6.07) is 8.17. The van der Waals surface area contributed by atoms with Gasteiger partial charge >= 0.3 is 0 Å². The van der Waals surface area contributed by atoms with Crippen molar-refractivity contribution < 1.29 is 14.6 Å². The second-order valence-electron chi connectivity index (χ2n) is 7.04. The van der Waals surface area contributed by atoms with Gasteiger partial charge in [0, 0.05) is 36.4 Å². The zero-order valence-corrected chi connectivity index (χ0v) is 15.6. The third kappa shape index (κ3) is 3.87. The lowest BCUT2D eigenvalue weighted by molar-refractivity contribution is -0.210. The fraction of sp³-hybridized carbons (Fsp3) is 0.632. The molecule has 0 radical (unpaired) electrons. The summed E-state index contributed by atoms with van der Waals surface area (Å²) >= 11 is 1.70. The molecule has 138 valence electrons. The van der Waals surface area contributed by atoms with Crippen LogP contribution in [0.3, 0.4) is 0 Å². The number of carbonyl (C=O) groups is 1. The third-order valence-corrected chi connectivity index (χ3v) is 6.48. The van der Waals surface area contributed by atoms with Crippen molar-refractivity contribution in [3.8, 4) is 0 Å². The van der Waals surface area contributed by atoms with E-state index < -0.39 is 0 Å². The fourth-order valence-corrected chi connectivity index (χ4v) is 4.44. The molecule has 5 nitrogen and oxygen atoms in total. The number of piperidine rings is 1. The van der Waals surface area contributed by atoms with Crippen LogP contribution >= 0.6 is 11.8 Å². The molecule has 1 heterocycles. The molecule has 1 amide bonds. The van der Waals surface area contributed by atoms with Gasteiger partial charge in [-0.3, -0.25) is 4.79 Å². The Kier molecular flexibility index (Phi) is 6.04. The van der Waals surface area contributed by atoms with E-state index in [1.165, 1.54) is 4.90 Å². The molecule has 1 spiro atoms. The Morgan fingerprint density at radius 1 is 1.36 bits per heavy atom. The first-order chi connectivity index (χ1) is 12.1. The number of benzene rings is 1. The minimum atomic E-state index is -0.313. The molecule has 25 heavy (non-hydrogen) atoms. The first-order valence-electron chi connectivity index (χ1n) is 8.99. The summed E-state index contributed by atoms with van der Waals surface area (Å²) in [5.41, 5.74) is 6.40. The van der Waals surface area contributed by atoms with E-state index >= 15 is 0 Å². The number of nitrogens with zero attached hydrogens (tertiary/aromatic N) is 1. The lowest BCUT2D eigenvalue weighted by Gasteiger charge is -2.56. The van der Waals surface area contributed by atoms with E-state index in [4.69, 9.17) is 10.5 Å². The molecule has 2 fully saturated rings. The number of nitrogens with two attached hydrogens (primary N) is 1. The molecule has 2 aliphatic rings. The van der Waals surface area contributed by atoms with E-state index in [1.54, 1.807) is 11.8 Å². The molecule has 3 rings (SSSR count). The highest BCUT2D eigenvalue weighted by atomic mass is 32.2. The van der Waals surface area contributed by atoms with Crippen LogP contribution in [0, 0.1) is 5.41 Å². The average Bonchev–Trinajstić information content (AvgIpc) is 2.65. The van der Waals surface area contributed by atoms with Gasteiger partial charge < -0.3 is 20.5 Å². The van der Waals surface area contributed by atoms with Crippen LogP contribution in [0.15, 0.2) is 29.2 Å². The number of aliphatic hydroxyl groups is 1. The quantitative estimate of drug-likeness (QED) is 0.751. The molecule has 1 saturated heterocycles. The van der Waals surface area contributed by atoms with Crippen molar-refractivity contribution in [1.29, 1.82) is 0 Å². The Hall–Kier alpha value is -1.08. The molecule has 0 unspecified atom stereocenters. The van der Waals surface area contributed by atoms with Crippen molar-refractivity contribution in [2.75, 3.05) is 32.5 Å². The molecule has 1 aliphatic heterocycles. The second-order valence-corrected chi connectivity index (χ2v) is 7.92. The number of carbonyl (C=O) groups excluding carboxylic acids is 1. The normalized spacial score (nSPS) is 25.0. The highest BCUT2D eigenvalue weighted by molar-refractivity contribution is 7.98. The van der Waals surface area contributed by atoms with E-state index in [0.717, 1.165) is 18.4 Å². The van der Waals surface area contributed by atoms with Crippen LogP contribution in [0.5, 0.6) is 0 Å². The van der Waals surface area contributed by atoms with Gasteiger partial charge in [-0.15, -0.1) is 11.8 Å². The van der Waals surface area contributed by atoms with Gasteiger partial charge in [-0.05, 0) is 36.8 Å². The Labute approximate surface area is 153 Å². The van der Waals surface area contributed by atoms with Crippen LogP contribution in [0.25, 0.3) is 0 Å². The van der Waals surface area contributed by atoms with Crippen molar-refractivity contribution in [3.63, 3.8) is 0 Å². The minimum Gasteiger partial charge on any atom is -0.392 e. The summed E-state index contributed by atoms with van der Waals surface area (Å²) in [5.74, 6) is 0.167. The number of likely N-dealkylation sites (tertiary alicyclic amines) is 1. The van der Waals surface area contributed by atoms with Crippen molar-refractivity contribution in [3.05, 3.63) is 29.8 Å². The predicted molar refractivity (Wildman–Crippen MR) is 99.6 cm³/mol. The van der Waals surface area contributed by atoms with Gasteiger partial charge in [0.15, 0.2) is 0 Å². The highest BCUT2D eigenvalue weighted by Gasteiger charge is 2.56. The van der Waals surface area contributed by atoms with Gasteiger partial charge in [0.05, 0.1) is 25.2 Å². The van der Waals surface area contributed by atoms with Gasteiger partial charge in [-0.1, -0.05) is 12.1 Å². The second kappa shape index (κ2) is 8.08. The van der Waals surface area contributed by atoms with E-state index in [2.05, 4.69) is 12.1 Å². The van der Waals surface area contributed by atoms with E-state index in [1.807, 2.05) is 23.3 Å². The number of aliphatic hydroxyl groups excluding tert-OH is 1. The van der Waals surface area contributed by atoms with Gasteiger partial charge in [-0.2, -0.15) is 0 Å². The van der Waals surface area contributed by atoms with Gasteiger partial charge in [0.2, 0.25) is 5.91 Å². The Balaban J connectivity index is 1.53.